The fourth-order valence-electron chi connectivity index (χ4n) is 1.45. The molecule has 0 aliphatic heterocycles. The number of nitrogens with one attached hydrogen (secondary N) is 1. The minimum absolute atomic E-state index is 0.0753. The molecule has 0 fully saturated rings. The van der Waals surface area contributed by atoms with E-state index in [4.69, 9.17) is 5.11 Å². The van der Waals surface area contributed by atoms with Gasteiger partial charge in [-0.2, -0.15) is 17.0 Å². The predicted molar refractivity (Wildman–Crippen MR) is 74.3 cm³/mol. The molecule has 0 atom stereocenters. The molecular formula is C11H23N3O5S. The van der Waals surface area contributed by atoms with Crippen LogP contribution in [0.5, 0.6) is 0 Å². The van der Waals surface area contributed by atoms with E-state index in [1.54, 1.807) is 20.8 Å². The third-order valence-corrected chi connectivity index (χ3v) is 4.49. The second-order valence-corrected chi connectivity index (χ2v) is 6.66. The van der Waals surface area contributed by atoms with Gasteiger partial charge in [-0.25, -0.2) is 0 Å². The third kappa shape index (κ3) is 6.31. The van der Waals surface area contributed by atoms with Crippen LogP contribution >= 0.6 is 0 Å². The van der Waals surface area contributed by atoms with Crippen molar-refractivity contribution < 1.29 is 23.1 Å². The van der Waals surface area contributed by atoms with E-state index in [1.807, 2.05) is 0 Å². The Bertz CT molecular complexity index is 435. The maximum atomic E-state index is 12.2. The van der Waals surface area contributed by atoms with Gasteiger partial charge in [0.1, 0.15) is 0 Å². The van der Waals surface area contributed by atoms with Crippen LogP contribution in [0.3, 0.4) is 0 Å². The number of carbonyl (C=O) groups excluding carboxylic acids is 1. The first kappa shape index (κ1) is 18.8. The summed E-state index contributed by atoms with van der Waals surface area (Å²) in [5, 5.41) is 11.2. The van der Waals surface area contributed by atoms with Gasteiger partial charge in [-0.15, -0.1) is 0 Å². The molecule has 1 amide bonds. The van der Waals surface area contributed by atoms with Crippen molar-refractivity contribution in [1.29, 1.82) is 0 Å². The second kappa shape index (κ2) is 8.18. The van der Waals surface area contributed by atoms with Crippen LogP contribution in [-0.4, -0.2) is 66.7 Å². The lowest BCUT2D eigenvalue weighted by Gasteiger charge is -2.26. The van der Waals surface area contributed by atoms with Crippen molar-refractivity contribution in [2.45, 2.75) is 33.2 Å². The predicted octanol–water partition coefficient (Wildman–Crippen LogP) is -0.516. The topological polar surface area (TPSA) is 107 Å². The zero-order valence-corrected chi connectivity index (χ0v) is 13.1. The molecule has 0 heterocycles. The van der Waals surface area contributed by atoms with Crippen LogP contribution in [0.1, 0.15) is 27.2 Å². The fourth-order valence-corrected chi connectivity index (χ4v) is 2.77. The first-order chi connectivity index (χ1) is 9.11. The SMILES string of the molecule is CCN(CC(=O)NC(C)C)S(=O)(=O)N(C)CCC(=O)O. The normalized spacial score (nSPS) is 12.2. The van der Waals surface area contributed by atoms with Crippen molar-refractivity contribution in [3.63, 3.8) is 0 Å². The second-order valence-electron chi connectivity index (χ2n) is 4.62. The largest absolute Gasteiger partial charge is 0.481 e. The van der Waals surface area contributed by atoms with E-state index < -0.39 is 22.1 Å². The van der Waals surface area contributed by atoms with E-state index in [-0.39, 0.29) is 32.1 Å². The average molecular weight is 309 g/mol. The highest BCUT2D eigenvalue weighted by molar-refractivity contribution is 7.86. The molecule has 118 valence electrons. The van der Waals surface area contributed by atoms with E-state index in [0.717, 1.165) is 8.61 Å². The summed E-state index contributed by atoms with van der Waals surface area (Å²) in [6.07, 6.45) is -0.286. The van der Waals surface area contributed by atoms with E-state index in [1.165, 1.54) is 7.05 Å². The van der Waals surface area contributed by atoms with Gasteiger partial charge in [0, 0.05) is 26.2 Å². The quantitative estimate of drug-likeness (QED) is 0.596. The Kier molecular flexibility index (Phi) is 7.69. The van der Waals surface area contributed by atoms with Gasteiger partial charge in [0.25, 0.3) is 10.2 Å². The molecule has 0 unspecified atom stereocenters. The van der Waals surface area contributed by atoms with Crippen molar-refractivity contribution >= 4 is 22.1 Å². The summed E-state index contributed by atoms with van der Waals surface area (Å²) >= 11 is 0. The summed E-state index contributed by atoms with van der Waals surface area (Å²) in [6, 6.07) is -0.0753. The number of amides is 1. The highest BCUT2D eigenvalue weighted by Crippen LogP contribution is 2.06. The van der Waals surface area contributed by atoms with Gasteiger partial charge in [0.05, 0.1) is 13.0 Å². The molecule has 0 aromatic carbocycles. The van der Waals surface area contributed by atoms with Crippen LogP contribution in [0.2, 0.25) is 0 Å². The summed E-state index contributed by atoms with van der Waals surface area (Å²) in [6.45, 7) is 4.88. The lowest BCUT2D eigenvalue weighted by molar-refractivity contribution is -0.137. The van der Waals surface area contributed by atoms with Crippen LogP contribution in [0, 0.1) is 0 Å². The number of likely N-dealkylation sites (N-methyl/N-ethyl adjacent to an activating group) is 1. The summed E-state index contributed by atoms with van der Waals surface area (Å²) < 4.78 is 26.3. The molecule has 0 saturated heterocycles. The van der Waals surface area contributed by atoms with Gasteiger partial charge in [0.2, 0.25) is 5.91 Å². The van der Waals surface area contributed by atoms with Gasteiger partial charge in [0.15, 0.2) is 0 Å². The Labute approximate surface area is 119 Å². The molecular weight excluding hydrogens is 286 g/mol. The Morgan fingerprint density at radius 2 is 1.85 bits per heavy atom. The van der Waals surface area contributed by atoms with Gasteiger partial charge in [-0.1, -0.05) is 6.92 Å². The van der Waals surface area contributed by atoms with E-state index in [2.05, 4.69) is 5.32 Å². The smallest absolute Gasteiger partial charge is 0.304 e. The first-order valence-electron chi connectivity index (χ1n) is 6.33. The molecule has 20 heavy (non-hydrogen) atoms. The van der Waals surface area contributed by atoms with Gasteiger partial charge < -0.3 is 10.4 Å². The Morgan fingerprint density at radius 1 is 1.30 bits per heavy atom. The number of nitrogens with zero attached hydrogens (tertiary/aromatic N) is 2. The molecule has 0 aliphatic rings. The monoisotopic (exact) mass is 309 g/mol. The summed E-state index contributed by atoms with van der Waals surface area (Å²) in [5.74, 6) is -1.47. The number of hydrogen-bond donors (Lipinski definition) is 2. The maximum Gasteiger partial charge on any atom is 0.304 e. The van der Waals surface area contributed by atoms with Crippen molar-refractivity contribution in [2.24, 2.45) is 0 Å². The van der Waals surface area contributed by atoms with Gasteiger partial charge in [-0.3, -0.25) is 9.59 Å². The number of carboxylic acids is 1. The molecule has 2 N–H and O–H groups in total. The number of rotatable bonds is 9. The van der Waals surface area contributed by atoms with Crippen molar-refractivity contribution in [3.05, 3.63) is 0 Å². The van der Waals surface area contributed by atoms with Crippen LogP contribution < -0.4 is 5.32 Å². The lowest BCUT2D eigenvalue weighted by Crippen LogP contribution is -2.47. The molecule has 0 bridgehead atoms. The van der Waals surface area contributed by atoms with Gasteiger partial charge >= 0.3 is 5.97 Å². The molecule has 0 rings (SSSR count). The Balaban J connectivity index is 4.76. The maximum absolute atomic E-state index is 12.2. The third-order valence-electron chi connectivity index (χ3n) is 2.48. The highest BCUT2D eigenvalue weighted by atomic mass is 32.2. The standard InChI is InChI=1S/C11H23N3O5S/c1-5-14(8-10(15)12-9(2)3)20(18,19)13(4)7-6-11(16)17/h9H,5-8H2,1-4H3,(H,12,15)(H,16,17). The van der Waals surface area contributed by atoms with Crippen LogP contribution in [0.15, 0.2) is 0 Å². The van der Waals surface area contributed by atoms with Crippen molar-refractivity contribution in [3.8, 4) is 0 Å². The lowest BCUT2D eigenvalue weighted by atomic mass is 10.4. The van der Waals surface area contributed by atoms with E-state index in [0.29, 0.717) is 0 Å². The molecule has 0 aromatic rings. The molecule has 0 spiro atoms. The fraction of sp³-hybridized carbons (Fsp3) is 0.818. The number of carbonyl (C=O) groups is 2. The first-order valence-corrected chi connectivity index (χ1v) is 7.73. The zero-order chi connectivity index (χ0) is 15.9. The highest BCUT2D eigenvalue weighted by Gasteiger charge is 2.27. The van der Waals surface area contributed by atoms with E-state index in [9.17, 15) is 18.0 Å². The Morgan fingerprint density at radius 3 is 2.25 bits per heavy atom. The summed E-state index contributed by atoms with van der Waals surface area (Å²) in [7, 11) is -2.54. The molecule has 0 radical (unpaired) electrons. The number of hydrogen-bond acceptors (Lipinski definition) is 4. The minimum Gasteiger partial charge on any atom is -0.481 e. The summed E-state index contributed by atoms with van der Waals surface area (Å²) in [4.78, 5) is 22.1. The molecule has 9 heteroatoms. The molecule has 0 aromatic heterocycles. The molecule has 8 nitrogen and oxygen atoms in total. The van der Waals surface area contributed by atoms with Crippen LogP contribution in [-0.2, 0) is 19.8 Å². The van der Waals surface area contributed by atoms with Crippen LogP contribution in [0.25, 0.3) is 0 Å². The summed E-state index contributed by atoms with van der Waals surface area (Å²) in [5.41, 5.74) is 0. The molecule has 0 aliphatic carbocycles. The van der Waals surface area contributed by atoms with E-state index >= 15 is 0 Å². The van der Waals surface area contributed by atoms with Crippen molar-refractivity contribution in [1.82, 2.24) is 13.9 Å². The van der Waals surface area contributed by atoms with Gasteiger partial charge in [-0.05, 0) is 13.8 Å². The minimum atomic E-state index is -3.84. The number of aliphatic carboxylic acids is 1. The molecule has 0 saturated carbocycles. The van der Waals surface area contributed by atoms with Crippen molar-refractivity contribution in [2.75, 3.05) is 26.7 Å². The zero-order valence-electron chi connectivity index (χ0n) is 12.3. The Hall–Kier alpha value is -1.19. The number of carboxylic acid groups (broad SMARTS) is 1. The van der Waals surface area contributed by atoms with Crippen LogP contribution in [0.4, 0.5) is 0 Å². The average Bonchev–Trinajstić information content (AvgIpc) is 2.31.